The molecular formula is C24H28ClN5O. The molecule has 7 heteroatoms. The third-order valence-electron chi connectivity index (χ3n) is 5.94. The predicted molar refractivity (Wildman–Crippen MR) is 122 cm³/mol. The van der Waals surface area contributed by atoms with Gasteiger partial charge in [0.05, 0.1) is 18.1 Å². The van der Waals surface area contributed by atoms with E-state index in [1.165, 1.54) is 0 Å². The highest BCUT2D eigenvalue weighted by molar-refractivity contribution is 6.30. The van der Waals surface area contributed by atoms with Gasteiger partial charge in [0.15, 0.2) is 5.82 Å². The molecule has 2 heterocycles. The standard InChI is InChI=1S/C24H28ClN5O/c1-17-27-28-22(30(17)16-18-11-13-20(25)14-12-18)21-10-7-15-29(21)23(31)26-24(2,3)19-8-5-4-6-9-19/h4-6,8-9,11-14,21H,7,10,15-16H2,1-3H3,(H,26,31)/t21-/m1/s1. The fourth-order valence-corrected chi connectivity index (χ4v) is 4.28. The highest BCUT2D eigenvalue weighted by atomic mass is 35.5. The van der Waals surface area contributed by atoms with Crippen molar-refractivity contribution >= 4 is 17.6 Å². The Bertz CT molecular complexity index is 1050. The van der Waals surface area contributed by atoms with E-state index in [0.29, 0.717) is 18.1 Å². The fraction of sp³-hybridized carbons (Fsp3) is 0.375. The Morgan fingerprint density at radius 3 is 2.55 bits per heavy atom. The number of carbonyl (C=O) groups excluding carboxylic acids is 1. The van der Waals surface area contributed by atoms with E-state index in [1.54, 1.807) is 0 Å². The molecule has 2 aromatic carbocycles. The number of hydrogen-bond donors (Lipinski definition) is 1. The maximum atomic E-state index is 13.3. The zero-order valence-electron chi connectivity index (χ0n) is 18.2. The summed E-state index contributed by atoms with van der Waals surface area (Å²) in [5.74, 6) is 1.67. The molecule has 0 radical (unpaired) electrons. The van der Waals surface area contributed by atoms with Crippen LogP contribution in [0.3, 0.4) is 0 Å². The van der Waals surface area contributed by atoms with E-state index in [-0.39, 0.29) is 12.1 Å². The third kappa shape index (κ3) is 4.59. The van der Waals surface area contributed by atoms with E-state index < -0.39 is 5.54 Å². The Labute approximate surface area is 188 Å². The van der Waals surface area contributed by atoms with Crippen LogP contribution in [0.5, 0.6) is 0 Å². The van der Waals surface area contributed by atoms with Crippen LogP contribution < -0.4 is 5.32 Å². The second-order valence-corrected chi connectivity index (χ2v) is 9.03. The molecule has 0 aliphatic carbocycles. The summed E-state index contributed by atoms with van der Waals surface area (Å²) >= 11 is 6.03. The van der Waals surface area contributed by atoms with Crippen LogP contribution in [0.1, 0.15) is 55.5 Å². The highest BCUT2D eigenvalue weighted by Crippen LogP contribution is 2.32. The summed E-state index contributed by atoms with van der Waals surface area (Å²) in [6.07, 6.45) is 1.81. The van der Waals surface area contributed by atoms with E-state index in [1.807, 2.05) is 80.3 Å². The Hall–Kier alpha value is -2.86. The van der Waals surface area contributed by atoms with Crippen LogP contribution in [0.15, 0.2) is 54.6 Å². The average molecular weight is 438 g/mol. The van der Waals surface area contributed by atoms with Crippen molar-refractivity contribution in [3.63, 3.8) is 0 Å². The second-order valence-electron chi connectivity index (χ2n) is 8.59. The minimum atomic E-state index is -0.474. The van der Waals surface area contributed by atoms with E-state index >= 15 is 0 Å². The first-order valence-corrected chi connectivity index (χ1v) is 11.0. The van der Waals surface area contributed by atoms with Gasteiger partial charge in [-0.05, 0) is 56.9 Å². The summed E-state index contributed by atoms with van der Waals surface area (Å²) in [6, 6.07) is 17.6. The summed E-state index contributed by atoms with van der Waals surface area (Å²) in [4.78, 5) is 15.2. The summed E-state index contributed by atoms with van der Waals surface area (Å²) < 4.78 is 2.10. The van der Waals surface area contributed by atoms with Crippen molar-refractivity contribution in [2.75, 3.05) is 6.54 Å². The van der Waals surface area contributed by atoms with Gasteiger partial charge in [-0.1, -0.05) is 54.1 Å². The zero-order valence-corrected chi connectivity index (χ0v) is 18.9. The summed E-state index contributed by atoms with van der Waals surface area (Å²) in [6.45, 7) is 7.35. The molecule has 1 atom stereocenters. The number of urea groups is 1. The molecule has 1 saturated heterocycles. The van der Waals surface area contributed by atoms with Crippen molar-refractivity contribution in [2.45, 2.75) is 51.7 Å². The maximum Gasteiger partial charge on any atom is 0.318 e. The number of likely N-dealkylation sites (tertiary alicyclic amines) is 1. The molecule has 1 aromatic heterocycles. The van der Waals surface area contributed by atoms with Crippen LogP contribution in [-0.4, -0.2) is 32.2 Å². The van der Waals surface area contributed by atoms with Crippen LogP contribution in [0.4, 0.5) is 4.79 Å². The average Bonchev–Trinajstić information content (AvgIpc) is 3.37. The molecule has 2 amide bonds. The molecule has 0 bridgehead atoms. The predicted octanol–water partition coefficient (Wildman–Crippen LogP) is 5.07. The van der Waals surface area contributed by atoms with Crippen molar-refractivity contribution in [1.82, 2.24) is 25.0 Å². The Morgan fingerprint density at radius 1 is 1.13 bits per heavy atom. The lowest BCUT2D eigenvalue weighted by Crippen LogP contribution is -2.48. The number of hydrogen-bond acceptors (Lipinski definition) is 3. The van der Waals surface area contributed by atoms with E-state index in [9.17, 15) is 4.79 Å². The van der Waals surface area contributed by atoms with Gasteiger partial charge in [0.2, 0.25) is 0 Å². The molecule has 162 valence electrons. The molecule has 6 nitrogen and oxygen atoms in total. The SMILES string of the molecule is Cc1nnc([C@H]2CCCN2C(=O)NC(C)(C)c2ccccc2)n1Cc1ccc(Cl)cc1. The topological polar surface area (TPSA) is 63.1 Å². The molecule has 1 aliphatic heterocycles. The first-order chi connectivity index (χ1) is 14.8. The van der Waals surface area contributed by atoms with E-state index in [0.717, 1.165) is 35.6 Å². The van der Waals surface area contributed by atoms with Gasteiger partial charge in [-0.3, -0.25) is 0 Å². The largest absolute Gasteiger partial charge is 0.329 e. The number of amides is 2. The third-order valence-corrected chi connectivity index (χ3v) is 6.20. The number of nitrogens with zero attached hydrogens (tertiary/aromatic N) is 4. The molecule has 3 aromatic rings. The van der Waals surface area contributed by atoms with Crippen LogP contribution in [0.25, 0.3) is 0 Å². The molecule has 1 N–H and O–H groups in total. The normalized spacial score (nSPS) is 16.5. The number of aromatic nitrogens is 3. The Morgan fingerprint density at radius 2 is 1.84 bits per heavy atom. The lowest BCUT2D eigenvalue weighted by atomic mass is 9.94. The number of aryl methyl sites for hydroxylation is 1. The van der Waals surface area contributed by atoms with Crippen molar-refractivity contribution in [1.29, 1.82) is 0 Å². The summed E-state index contributed by atoms with van der Waals surface area (Å²) in [5.41, 5.74) is 1.71. The zero-order chi connectivity index (χ0) is 22.0. The molecule has 31 heavy (non-hydrogen) atoms. The number of benzene rings is 2. The summed E-state index contributed by atoms with van der Waals surface area (Å²) in [5, 5.41) is 12.7. The van der Waals surface area contributed by atoms with Gasteiger partial charge < -0.3 is 14.8 Å². The van der Waals surface area contributed by atoms with Crippen LogP contribution in [0, 0.1) is 6.92 Å². The monoisotopic (exact) mass is 437 g/mol. The number of nitrogens with one attached hydrogen (secondary N) is 1. The quantitative estimate of drug-likeness (QED) is 0.606. The lowest BCUT2D eigenvalue weighted by Gasteiger charge is -2.32. The van der Waals surface area contributed by atoms with E-state index in [2.05, 4.69) is 20.1 Å². The smallest absolute Gasteiger partial charge is 0.318 e. The van der Waals surface area contributed by atoms with E-state index in [4.69, 9.17) is 11.6 Å². The molecule has 0 spiro atoms. The van der Waals surface area contributed by atoms with Crippen LogP contribution >= 0.6 is 11.6 Å². The second kappa shape index (κ2) is 8.71. The molecule has 0 unspecified atom stereocenters. The van der Waals surface area contributed by atoms with Gasteiger partial charge in [0, 0.05) is 11.6 Å². The van der Waals surface area contributed by atoms with Crippen molar-refractivity contribution < 1.29 is 4.79 Å². The summed E-state index contributed by atoms with van der Waals surface area (Å²) in [7, 11) is 0. The van der Waals surface area contributed by atoms with Crippen LogP contribution in [-0.2, 0) is 12.1 Å². The Kier molecular flexibility index (Phi) is 6.01. The minimum Gasteiger partial charge on any atom is -0.329 e. The van der Waals surface area contributed by atoms with Gasteiger partial charge >= 0.3 is 6.03 Å². The molecule has 1 fully saturated rings. The first kappa shape index (κ1) is 21.4. The number of carbonyl (C=O) groups is 1. The lowest BCUT2D eigenvalue weighted by molar-refractivity contribution is 0.179. The highest BCUT2D eigenvalue weighted by Gasteiger charge is 2.36. The molecule has 1 aliphatic rings. The van der Waals surface area contributed by atoms with Crippen molar-refractivity contribution in [2.24, 2.45) is 0 Å². The number of halogens is 1. The maximum absolute atomic E-state index is 13.3. The van der Waals surface area contributed by atoms with Gasteiger partial charge in [0.25, 0.3) is 0 Å². The van der Waals surface area contributed by atoms with Gasteiger partial charge in [-0.25, -0.2) is 4.79 Å². The fourth-order valence-electron chi connectivity index (χ4n) is 4.16. The molecule has 0 saturated carbocycles. The first-order valence-electron chi connectivity index (χ1n) is 10.6. The molecular weight excluding hydrogens is 410 g/mol. The Balaban J connectivity index is 1.55. The van der Waals surface area contributed by atoms with Crippen LogP contribution in [0.2, 0.25) is 5.02 Å². The number of rotatable bonds is 5. The van der Waals surface area contributed by atoms with Crippen molar-refractivity contribution in [3.05, 3.63) is 82.4 Å². The van der Waals surface area contributed by atoms with Gasteiger partial charge in [-0.15, -0.1) is 10.2 Å². The van der Waals surface area contributed by atoms with Gasteiger partial charge in [0.1, 0.15) is 5.82 Å². The minimum absolute atomic E-state index is 0.0740. The van der Waals surface area contributed by atoms with Gasteiger partial charge in [-0.2, -0.15) is 0 Å². The van der Waals surface area contributed by atoms with Crippen molar-refractivity contribution in [3.8, 4) is 0 Å². The molecule has 4 rings (SSSR count).